The van der Waals surface area contributed by atoms with Crippen LogP contribution in [0.1, 0.15) is 51.5 Å². The van der Waals surface area contributed by atoms with Crippen molar-refractivity contribution >= 4 is 23.2 Å². The molecule has 1 saturated carbocycles. The molecule has 1 fully saturated rings. The molecule has 33 heavy (non-hydrogen) atoms. The number of amides is 2. The number of carbonyl (C=O) groups excluding carboxylic acids is 2. The van der Waals surface area contributed by atoms with Crippen molar-refractivity contribution in [2.45, 2.75) is 44.4 Å². The molecule has 2 unspecified atom stereocenters. The number of nitrogens with one attached hydrogen (secondary N) is 2. The van der Waals surface area contributed by atoms with E-state index in [0.717, 1.165) is 36.4 Å². The van der Waals surface area contributed by atoms with Crippen molar-refractivity contribution < 1.29 is 19.1 Å². The van der Waals surface area contributed by atoms with E-state index in [9.17, 15) is 9.59 Å². The Morgan fingerprint density at radius 1 is 0.970 bits per heavy atom. The van der Waals surface area contributed by atoms with Crippen LogP contribution in [0.3, 0.4) is 0 Å². The molecular formula is C25H27N3O4S. The molecule has 0 radical (unpaired) electrons. The van der Waals surface area contributed by atoms with Crippen LogP contribution >= 0.6 is 11.3 Å². The van der Waals surface area contributed by atoms with E-state index in [4.69, 9.17) is 9.47 Å². The second kappa shape index (κ2) is 11.0. The van der Waals surface area contributed by atoms with Gasteiger partial charge in [-0.3, -0.25) is 9.59 Å². The molecule has 1 heterocycles. The summed E-state index contributed by atoms with van der Waals surface area (Å²) in [5.74, 6) is 0.987. The summed E-state index contributed by atoms with van der Waals surface area (Å²) < 4.78 is 10.9. The Hall–Kier alpha value is -3.39. The van der Waals surface area contributed by atoms with Crippen LogP contribution in [0.25, 0.3) is 0 Å². The van der Waals surface area contributed by atoms with Crippen LogP contribution in [0.2, 0.25) is 0 Å². The summed E-state index contributed by atoms with van der Waals surface area (Å²) in [5, 5.41) is 8.64. The molecule has 2 atom stereocenters. The van der Waals surface area contributed by atoms with E-state index in [-0.39, 0.29) is 23.9 Å². The molecule has 1 aliphatic carbocycles. The molecule has 7 nitrogen and oxygen atoms in total. The van der Waals surface area contributed by atoms with Crippen LogP contribution in [0.4, 0.5) is 0 Å². The summed E-state index contributed by atoms with van der Waals surface area (Å²) in [6.07, 6.45) is 3.63. The highest BCUT2D eigenvalue weighted by atomic mass is 32.1. The fourth-order valence-corrected chi connectivity index (χ4v) is 4.56. The van der Waals surface area contributed by atoms with Gasteiger partial charge in [0.25, 0.3) is 11.8 Å². The first-order chi connectivity index (χ1) is 16.1. The van der Waals surface area contributed by atoms with E-state index in [0.29, 0.717) is 23.6 Å². The third-order valence-corrected chi connectivity index (χ3v) is 6.44. The molecule has 0 bridgehead atoms. The van der Waals surface area contributed by atoms with Crippen molar-refractivity contribution in [1.29, 1.82) is 0 Å². The van der Waals surface area contributed by atoms with Gasteiger partial charge >= 0.3 is 0 Å². The van der Waals surface area contributed by atoms with E-state index in [1.807, 2.05) is 30.3 Å². The maximum absolute atomic E-state index is 12.8. The summed E-state index contributed by atoms with van der Waals surface area (Å²) in [4.78, 5) is 30.0. The normalized spacial score (nSPS) is 17.7. The minimum Gasteiger partial charge on any atom is -0.497 e. The number of thiazole rings is 1. The van der Waals surface area contributed by atoms with Crippen molar-refractivity contribution in [1.82, 2.24) is 15.6 Å². The van der Waals surface area contributed by atoms with Crippen LogP contribution in [0.5, 0.6) is 11.5 Å². The number of rotatable bonds is 8. The van der Waals surface area contributed by atoms with Crippen LogP contribution in [0.15, 0.2) is 60.0 Å². The highest BCUT2D eigenvalue weighted by molar-refractivity contribution is 7.09. The van der Waals surface area contributed by atoms with Gasteiger partial charge < -0.3 is 20.1 Å². The highest BCUT2D eigenvalue weighted by Gasteiger charge is 2.29. The van der Waals surface area contributed by atoms with E-state index < -0.39 is 0 Å². The Morgan fingerprint density at radius 3 is 2.39 bits per heavy atom. The summed E-state index contributed by atoms with van der Waals surface area (Å²) >= 11 is 1.39. The number of aromatic nitrogens is 1. The predicted octanol–water partition coefficient (Wildman–Crippen LogP) is 4.20. The average molecular weight is 466 g/mol. The zero-order valence-electron chi connectivity index (χ0n) is 18.5. The maximum Gasteiger partial charge on any atom is 0.271 e. The van der Waals surface area contributed by atoms with E-state index >= 15 is 0 Å². The van der Waals surface area contributed by atoms with Gasteiger partial charge in [0.1, 0.15) is 28.8 Å². The molecule has 3 aromatic rings. The fraction of sp³-hybridized carbons (Fsp3) is 0.320. The van der Waals surface area contributed by atoms with Crippen molar-refractivity contribution in [2.75, 3.05) is 7.11 Å². The predicted molar refractivity (Wildman–Crippen MR) is 127 cm³/mol. The fourth-order valence-electron chi connectivity index (χ4n) is 3.88. The number of carbonyl (C=O) groups is 2. The molecule has 0 saturated heterocycles. The molecule has 8 heteroatoms. The standard InChI is InChI=1S/C25H27N3O4S/c1-31-19-11-7-8-17(14-19)24(29)27-20-12-5-6-13-21(20)28-25(30)22-16-33-23(26-22)15-32-18-9-3-2-4-10-18/h2-4,7-11,14,16,20-21H,5-6,12-13,15H2,1H3,(H,27,29)(H,28,30). The molecule has 2 amide bonds. The Kier molecular flexibility index (Phi) is 7.57. The molecule has 0 aliphatic heterocycles. The summed E-state index contributed by atoms with van der Waals surface area (Å²) in [6.45, 7) is 0.310. The number of hydrogen-bond acceptors (Lipinski definition) is 6. The highest BCUT2D eigenvalue weighted by Crippen LogP contribution is 2.21. The third-order valence-electron chi connectivity index (χ3n) is 5.62. The number of methoxy groups -OCH3 is 1. The Morgan fingerprint density at radius 2 is 1.67 bits per heavy atom. The quantitative estimate of drug-likeness (QED) is 0.520. The second-order valence-corrected chi connectivity index (χ2v) is 8.85. The summed E-state index contributed by atoms with van der Waals surface area (Å²) in [5.41, 5.74) is 0.905. The molecule has 2 N–H and O–H groups in total. The molecule has 172 valence electrons. The number of benzene rings is 2. The van der Waals surface area contributed by atoms with E-state index in [2.05, 4.69) is 15.6 Å². The monoisotopic (exact) mass is 465 g/mol. The minimum absolute atomic E-state index is 0.138. The number of nitrogens with zero attached hydrogens (tertiary/aromatic N) is 1. The molecule has 1 aliphatic rings. The smallest absolute Gasteiger partial charge is 0.271 e. The van der Waals surface area contributed by atoms with E-state index in [1.54, 1.807) is 36.8 Å². The Balaban J connectivity index is 1.35. The second-order valence-electron chi connectivity index (χ2n) is 7.90. The zero-order valence-corrected chi connectivity index (χ0v) is 19.3. The molecule has 4 rings (SSSR count). The molecule has 1 aromatic heterocycles. The average Bonchev–Trinajstić information content (AvgIpc) is 3.34. The van der Waals surface area contributed by atoms with Crippen LogP contribution < -0.4 is 20.1 Å². The first-order valence-corrected chi connectivity index (χ1v) is 11.9. The van der Waals surface area contributed by atoms with Gasteiger partial charge in [0, 0.05) is 23.0 Å². The lowest BCUT2D eigenvalue weighted by Gasteiger charge is -2.32. The van der Waals surface area contributed by atoms with Crippen LogP contribution in [0, 0.1) is 0 Å². The Labute approximate surface area is 197 Å². The molecule has 2 aromatic carbocycles. The van der Waals surface area contributed by atoms with Crippen LogP contribution in [-0.2, 0) is 6.61 Å². The topological polar surface area (TPSA) is 89.6 Å². The van der Waals surface area contributed by atoms with Gasteiger partial charge in [0.05, 0.1) is 7.11 Å². The third kappa shape index (κ3) is 6.10. The summed E-state index contributed by atoms with van der Waals surface area (Å²) in [7, 11) is 1.57. The molecular weight excluding hydrogens is 438 g/mol. The first-order valence-electron chi connectivity index (χ1n) is 11.0. The molecule has 0 spiro atoms. The summed E-state index contributed by atoms with van der Waals surface area (Å²) in [6, 6.07) is 16.3. The van der Waals surface area contributed by atoms with Gasteiger partial charge in [-0.2, -0.15) is 0 Å². The number of hydrogen-bond donors (Lipinski definition) is 2. The minimum atomic E-state index is -0.232. The van der Waals surface area contributed by atoms with Gasteiger partial charge in [-0.15, -0.1) is 11.3 Å². The SMILES string of the molecule is COc1cccc(C(=O)NC2CCCCC2NC(=O)c2csc(COc3ccccc3)n2)c1. The van der Waals surface area contributed by atoms with Gasteiger partial charge in [0.2, 0.25) is 0 Å². The van der Waals surface area contributed by atoms with Crippen molar-refractivity contribution in [3.05, 3.63) is 76.2 Å². The number of ether oxygens (including phenoxy) is 2. The van der Waals surface area contributed by atoms with E-state index in [1.165, 1.54) is 11.3 Å². The lowest BCUT2D eigenvalue weighted by molar-refractivity contribution is 0.0860. The van der Waals surface area contributed by atoms with Crippen molar-refractivity contribution in [2.24, 2.45) is 0 Å². The van der Waals surface area contributed by atoms with Crippen molar-refractivity contribution in [3.63, 3.8) is 0 Å². The van der Waals surface area contributed by atoms with Gasteiger partial charge in [-0.25, -0.2) is 4.98 Å². The zero-order chi connectivity index (χ0) is 23.0. The van der Waals surface area contributed by atoms with Gasteiger partial charge in [-0.1, -0.05) is 37.1 Å². The lowest BCUT2D eigenvalue weighted by atomic mass is 9.90. The Bertz CT molecular complexity index is 1090. The van der Waals surface area contributed by atoms with Gasteiger partial charge in [-0.05, 0) is 43.2 Å². The first kappa shape index (κ1) is 22.8. The van der Waals surface area contributed by atoms with Crippen LogP contribution in [-0.4, -0.2) is 36.0 Å². The number of para-hydroxylation sites is 1. The largest absolute Gasteiger partial charge is 0.497 e. The van der Waals surface area contributed by atoms with Gasteiger partial charge in [0.15, 0.2) is 0 Å². The maximum atomic E-state index is 12.8. The lowest BCUT2D eigenvalue weighted by Crippen LogP contribution is -2.53. The van der Waals surface area contributed by atoms with Crippen molar-refractivity contribution in [3.8, 4) is 11.5 Å².